The number of benzene rings is 2. The first-order valence-electron chi connectivity index (χ1n) is 6.67. The van der Waals surface area contributed by atoms with Crippen molar-refractivity contribution in [1.82, 2.24) is 0 Å². The minimum absolute atomic E-state index is 0.0898. The number of aliphatic carboxylic acids is 1. The van der Waals surface area contributed by atoms with Crippen molar-refractivity contribution in [3.8, 4) is 11.5 Å². The lowest BCUT2D eigenvalue weighted by Gasteiger charge is -2.16. The molecular weight excluding hydrogens is 268 g/mol. The molecule has 0 aliphatic carbocycles. The van der Waals surface area contributed by atoms with Gasteiger partial charge in [0.15, 0.2) is 0 Å². The minimum atomic E-state index is -0.891. The molecule has 0 amide bonds. The van der Waals surface area contributed by atoms with Crippen LogP contribution in [-0.4, -0.2) is 24.8 Å². The zero-order chi connectivity index (χ0) is 15.2. The summed E-state index contributed by atoms with van der Waals surface area (Å²) in [5.41, 5.74) is 1.72. The van der Waals surface area contributed by atoms with Crippen LogP contribution in [0, 0.1) is 6.92 Å². The molecule has 2 rings (SSSR count). The maximum Gasteiger partial charge on any atom is 0.314 e. The molecule has 110 valence electrons. The van der Waals surface area contributed by atoms with E-state index in [4.69, 9.17) is 9.47 Å². The van der Waals surface area contributed by atoms with Gasteiger partial charge < -0.3 is 14.6 Å². The molecule has 0 heterocycles. The lowest BCUT2D eigenvalue weighted by atomic mass is 9.96. The first-order chi connectivity index (χ1) is 10.1. The van der Waals surface area contributed by atoms with Crippen LogP contribution in [0.2, 0.25) is 0 Å². The summed E-state index contributed by atoms with van der Waals surface area (Å²) in [4.78, 5) is 11.5. The number of carbonyl (C=O) groups is 1. The second-order valence-corrected chi connectivity index (χ2v) is 4.73. The summed E-state index contributed by atoms with van der Waals surface area (Å²) >= 11 is 0. The molecule has 21 heavy (non-hydrogen) atoms. The number of hydrogen-bond acceptors (Lipinski definition) is 3. The van der Waals surface area contributed by atoms with Gasteiger partial charge in [-0.2, -0.15) is 0 Å². The first kappa shape index (κ1) is 14.9. The molecule has 0 aliphatic rings. The van der Waals surface area contributed by atoms with Crippen LogP contribution in [0.5, 0.6) is 11.5 Å². The molecule has 1 unspecified atom stereocenters. The molecular formula is C17H18O4. The van der Waals surface area contributed by atoms with Gasteiger partial charge in [0, 0.05) is 0 Å². The largest absolute Gasteiger partial charge is 0.497 e. The molecule has 2 aromatic rings. The van der Waals surface area contributed by atoms with Gasteiger partial charge in [-0.25, -0.2) is 0 Å². The fraction of sp³-hybridized carbons (Fsp3) is 0.235. The van der Waals surface area contributed by atoms with Gasteiger partial charge in [0.05, 0.1) is 7.11 Å². The third-order valence-corrected chi connectivity index (χ3v) is 3.34. The molecule has 1 N–H and O–H groups in total. The molecule has 4 heteroatoms. The number of methoxy groups -OCH3 is 1. The molecule has 0 spiro atoms. The Bertz CT molecular complexity index is 604. The summed E-state index contributed by atoms with van der Waals surface area (Å²) in [5, 5.41) is 9.41. The van der Waals surface area contributed by atoms with E-state index in [2.05, 4.69) is 0 Å². The molecule has 1 atom stereocenters. The van der Waals surface area contributed by atoms with E-state index in [1.54, 1.807) is 31.4 Å². The number of ether oxygens (including phenoxy) is 2. The summed E-state index contributed by atoms with van der Waals surface area (Å²) < 4.78 is 10.7. The average molecular weight is 286 g/mol. The second kappa shape index (κ2) is 6.79. The van der Waals surface area contributed by atoms with Crippen molar-refractivity contribution in [2.45, 2.75) is 12.8 Å². The van der Waals surface area contributed by atoms with E-state index >= 15 is 0 Å². The maximum atomic E-state index is 11.5. The van der Waals surface area contributed by atoms with Gasteiger partial charge >= 0.3 is 5.97 Å². The third kappa shape index (κ3) is 3.75. The maximum absolute atomic E-state index is 11.5. The Morgan fingerprint density at radius 2 is 1.71 bits per heavy atom. The Kier molecular flexibility index (Phi) is 4.82. The molecule has 2 aromatic carbocycles. The molecule has 0 saturated carbocycles. The first-order valence-corrected chi connectivity index (χ1v) is 6.67. The SMILES string of the molecule is COc1ccc(OCC(C(=O)O)c2ccccc2C)cc1. The Morgan fingerprint density at radius 3 is 2.29 bits per heavy atom. The molecule has 4 nitrogen and oxygen atoms in total. The van der Waals surface area contributed by atoms with Gasteiger partial charge in [-0.3, -0.25) is 4.79 Å². The minimum Gasteiger partial charge on any atom is -0.497 e. The van der Waals surface area contributed by atoms with Crippen LogP contribution in [0.1, 0.15) is 17.0 Å². The Balaban J connectivity index is 2.10. The second-order valence-electron chi connectivity index (χ2n) is 4.73. The highest BCUT2D eigenvalue weighted by atomic mass is 16.5. The molecule has 0 aliphatic heterocycles. The normalized spacial score (nSPS) is 11.7. The van der Waals surface area contributed by atoms with Crippen LogP contribution in [0.15, 0.2) is 48.5 Å². The van der Waals surface area contributed by atoms with E-state index in [1.807, 2.05) is 31.2 Å². The van der Waals surface area contributed by atoms with E-state index in [9.17, 15) is 9.90 Å². The van der Waals surface area contributed by atoms with Gasteiger partial charge in [0.25, 0.3) is 0 Å². The topological polar surface area (TPSA) is 55.8 Å². The fourth-order valence-electron chi connectivity index (χ4n) is 2.12. The number of carboxylic acids is 1. The summed E-state index contributed by atoms with van der Waals surface area (Å²) in [6, 6.07) is 14.5. The summed E-state index contributed by atoms with van der Waals surface area (Å²) in [6.45, 7) is 1.99. The average Bonchev–Trinajstić information content (AvgIpc) is 2.49. The highest BCUT2D eigenvalue weighted by Crippen LogP contribution is 2.23. The van der Waals surface area contributed by atoms with Crippen LogP contribution in [0.4, 0.5) is 0 Å². The van der Waals surface area contributed by atoms with E-state index < -0.39 is 11.9 Å². The number of hydrogen-bond donors (Lipinski definition) is 1. The summed E-state index contributed by atoms with van der Waals surface area (Å²) in [5.74, 6) is -0.224. The zero-order valence-corrected chi connectivity index (χ0v) is 12.1. The van der Waals surface area contributed by atoms with Crippen molar-refractivity contribution in [3.63, 3.8) is 0 Å². The van der Waals surface area contributed by atoms with E-state index in [-0.39, 0.29) is 6.61 Å². The molecule has 0 aromatic heterocycles. The van der Waals surface area contributed by atoms with Gasteiger partial charge in [0.1, 0.15) is 24.0 Å². The zero-order valence-electron chi connectivity index (χ0n) is 12.1. The predicted molar refractivity (Wildman–Crippen MR) is 80.0 cm³/mol. The van der Waals surface area contributed by atoms with Crippen molar-refractivity contribution in [2.75, 3.05) is 13.7 Å². The van der Waals surface area contributed by atoms with Crippen LogP contribution in [0.3, 0.4) is 0 Å². The number of carboxylic acid groups (broad SMARTS) is 1. The van der Waals surface area contributed by atoms with Crippen LogP contribution >= 0.6 is 0 Å². The van der Waals surface area contributed by atoms with Crippen molar-refractivity contribution in [2.24, 2.45) is 0 Å². The quantitative estimate of drug-likeness (QED) is 0.885. The molecule has 0 radical (unpaired) electrons. The fourth-order valence-corrected chi connectivity index (χ4v) is 2.12. The highest BCUT2D eigenvalue weighted by Gasteiger charge is 2.22. The van der Waals surface area contributed by atoms with Gasteiger partial charge in [0.2, 0.25) is 0 Å². The van der Waals surface area contributed by atoms with Gasteiger partial charge in [-0.05, 0) is 42.3 Å². The van der Waals surface area contributed by atoms with Crippen LogP contribution in [0.25, 0.3) is 0 Å². The molecule has 0 fully saturated rings. The van der Waals surface area contributed by atoms with Crippen molar-refractivity contribution in [1.29, 1.82) is 0 Å². The van der Waals surface area contributed by atoms with Crippen molar-refractivity contribution >= 4 is 5.97 Å². The lowest BCUT2D eigenvalue weighted by molar-refractivity contribution is -0.139. The summed E-state index contributed by atoms with van der Waals surface area (Å²) in [7, 11) is 1.59. The molecule has 0 bridgehead atoms. The van der Waals surface area contributed by atoms with Crippen molar-refractivity contribution in [3.05, 3.63) is 59.7 Å². The van der Waals surface area contributed by atoms with Crippen LogP contribution in [-0.2, 0) is 4.79 Å². The smallest absolute Gasteiger partial charge is 0.314 e. The monoisotopic (exact) mass is 286 g/mol. The van der Waals surface area contributed by atoms with Gasteiger partial charge in [-0.1, -0.05) is 24.3 Å². The highest BCUT2D eigenvalue weighted by molar-refractivity contribution is 5.76. The van der Waals surface area contributed by atoms with E-state index in [0.717, 1.165) is 16.9 Å². The van der Waals surface area contributed by atoms with E-state index in [1.165, 1.54) is 0 Å². The lowest BCUT2D eigenvalue weighted by Crippen LogP contribution is -2.20. The van der Waals surface area contributed by atoms with Crippen molar-refractivity contribution < 1.29 is 19.4 Å². The third-order valence-electron chi connectivity index (χ3n) is 3.34. The van der Waals surface area contributed by atoms with Gasteiger partial charge in [-0.15, -0.1) is 0 Å². The Labute approximate surface area is 123 Å². The standard InChI is InChI=1S/C17H18O4/c1-12-5-3-4-6-15(12)16(17(18)19)11-21-14-9-7-13(20-2)8-10-14/h3-10,16H,11H2,1-2H3,(H,18,19). The Hall–Kier alpha value is -2.49. The number of rotatable bonds is 6. The van der Waals surface area contributed by atoms with E-state index in [0.29, 0.717) is 5.75 Å². The predicted octanol–water partition coefficient (Wildman–Crippen LogP) is 3.25. The molecule has 0 saturated heterocycles. The van der Waals surface area contributed by atoms with Crippen LogP contribution < -0.4 is 9.47 Å². The number of aryl methyl sites for hydroxylation is 1. The summed E-state index contributed by atoms with van der Waals surface area (Å²) in [6.07, 6.45) is 0. The Morgan fingerprint density at radius 1 is 1.10 bits per heavy atom.